The highest BCUT2D eigenvalue weighted by atomic mass is 79.9. The first-order valence-corrected chi connectivity index (χ1v) is 12.3. The van der Waals surface area contributed by atoms with Gasteiger partial charge in [0.2, 0.25) is 11.4 Å². The van der Waals surface area contributed by atoms with Gasteiger partial charge in [-0.05, 0) is 54.2 Å². The number of rotatable bonds is 6. The minimum atomic E-state index is 0.172. The van der Waals surface area contributed by atoms with Crippen molar-refractivity contribution in [3.05, 3.63) is 47.0 Å². The molecule has 33 heavy (non-hydrogen) atoms. The summed E-state index contributed by atoms with van der Waals surface area (Å²) in [6.07, 6.45) is 11.9. The molecule has 4 aromatic rings. The van der Waals surface area contributed by atoms with Crippen molar-refractivity contribution >= 4 is 32.7 Å². The highest BCUT2D eigenvalue weighted by Crippen LogP contribution is 2.33. The smallest absolute Gasteiger partial charge is 0.244 e. The maximum Gasteiger partial charge on any atom is 0.244 e. The van der Waals surface area contributed by atoms with Crippen molar-refractivity contribution in [2.45, 2.75) is 51.7 Å². The molecule has 0 aromatic carbocycles. The number of H-pyrrole nitrogens is 1. The lowest BCUT2D eigenvalue weighted by Crippen LogP contribution is -2.44. The molecule has 0 aliphatic heterocycles. The van der Waals surface area contributed by atoms with Crippen LogP contribution in [-0.4, -0.2) is 37.5 Å². The molecule has 9 heteroatoms. The number of nitrogens with one attached hydrogen (secondary N) is 2. The first-order valence-electron chi connectivity index (χ1n) is 11.5. The number of anilines is 1. The van der Waals surface area contributed by atoms with Crippen molar-refractivity contribution in [2.75, 3.05) is 11.9 Å². The summed E-state index contributed by atoms with van der Waals surface area (Å²) in [6, 6.07) is 4.49. The average molecular weight is 511 g/mol. The fourth-order valence-electron chi connectivity index (χ4n) is 4.59. The SMILES string of the molecule is CCNc1cc2c(cn1)c(-c1cnn(C)c1)[nH][n+]2C1CCC(Oc2nccc(C)c2Br)CC1. The van der Waals surface area contributed by atoms with Gasteiger partial charge in [0.15, 0.2) is 6.04 Å². The number of hydrogen-bond acceptors (Lipinski definition) is 5. The molecule has 0 atom stereocenters. The van der Waals surface area contributed by atoms with Crippen LogP contribution < -0.4 is 14.7 Å². The summed E-state index contributed by atoms with van der Waals surface area (Å²) in [5, 5.41) is 12.5. The van der Waals surface area contributed by atoms with Gasteiger partial charge >= 0.3 is 0 Å². The van der Waals surface area contributed by atoms with Crippen molar-refractivity contribution in [3.63, 3.8) is 0 Å². The molecule has 0 bridgehead atoms. The van der Waals surface area contributed by atoms with E-state index in [0.717, 1.165) is 70.2 Å². The third-order valence-electron chi connectivity index (χ3n) is 6.33. The van der Waals surface area contributed by atoms with Gasteiger partial charge in [-0.2, -0.15) is 10.2 Å². The van der Waals surface area contributed by atoms with Crippen LogP contribution in [0, 0.1) is 6.92 Å². The molecule has 0 radical (unpaired) electrons. The summed E-state index contributed by atoms with van der Waals surface area (Å²) in [5.74, 6) is 1.58. The average Bonchev–Trinajstić information content (AvgIpc) is 3.41. The predicted octanol–water partition coefficient (Wildman–Crippen LogP) is 4.71. The molecule has 0 spiro atoms. The highest BCUT2D eigenvalue weighted by molar-refractivity contribution is 9.10. The lowest BCUT2D eigenvalue weighted by Gasteiger charge is -2.25. The summed E-state index contributed by atoms with van der Waals surface area (Å²) in [4.78, 5) is 9.03. The van der Waals surface area contributed by atoms with Crippen LogP contribution in [0.1, 0.15) is 44.2 Å². The Balaban J connectivity index is 1.41. The summed E-state index contributed by atoms with van der Waals surface area (Å²) in [7, 11) is 1.94. The number of ether oxygens (including phenoxy) is 1. The molecule has 0 unspecified atom stereocenters. The third-order valence-corrected chi connectivity index (χ3v) is 7.30. The Morgan fingerprint density at radius 2 is 2.06 bits per heavy atom. The van der Waals surface area contributed by atoms with E-state index in [1.807, 2.05) is 36.4 Å². The lowest BCUT2D eigenvalue weighted by molar-refractivity contribution is -0.753. The van der Waals surface area contributed by atoms with E-state index in [-0.39, 0.29) is 6.10 Å². The number of aromatic nitrogens is 6. The monoisotopic (exact) mass is 510 g/mol. The standard InChI is InChI=1S/C24H28BrN7O/c1-4-26-21-11-20-19(13-28-21)23(16-12-29-31(3)14-16)30-32(20)17-5-7-18(8-6-17)33-24-22(25)15(2)9-10-27-24/h9-14,17-18H,4-8H2,1-3H3,(H,26,28,30)/p+1. The molecular weight excluding hydrogens is 482 g/mol. The van der Waals surface area contributed by atoms with Crippen LogP contribution >= 0.6 is 15.9 Å². The Kier molecular flexibility index (Phi) is 6.05. The molecule has 0 amide bonds. The second-order valence-electron chi connectivity index (χ2n) is 8.67. The van der Waals surface area contributed by atoms with E-state index in [0.29, 0.717) is 11.9 Å². The van der Waals surface area contributed by atoms with Gasteiger partial charge in [-0.1, -0.05) is 0 Å². The number of fused-ring (bicyclic) bond motifs is 1. The Labute approximate surface area is 201 Å². The Morgan fingerprint density at radius 3 is 2.79 bits per heavy atom. The fraction of sp³-hybridized carbons (Fsp3) is 0.417. The molecule has 1 aliphatic rings. The Morgan fingerprint density at radius 1 is 1.24 bits per heavy atom. The summed E-state index contributed by atoms with van der Waals surface area (Å²) in [5.41, 5.74) is 4.41. The van der Waals surface area contributed by atoms with E-state index in [2.05, 4.69) is 66.0 Å². The van der Waals surface area contributed by atoms with Crippen LogP contribution in [0.5, 0.6) is 5.88 Å². The number of aryl methyl sites for hydroxylation is 2. The number of hydrogen-bond donors (Lipinski definition) is 2. The number of pyridine rings is 2. The fourth-order valence-corrected chi connectivity index (χ4v) is 4.92. The van der Waals surface area contributed by atoms with Gasteiger partial charge in [-0.3, -0.25) is 4.68 Å². The highest BCUT2D eigenvalue weighted by Gasteiger charge is 2.33. The minimum absolute atomic E-state index is 0.172. The van der Waals surface area contributed by atoms with Crippen molar-refractivity contribution < 1.29 is 9.42 Å². The molecule has 1 aliphatic carbocycles. The Bertz CT molecular complexity index is 1270. The van der Waals surface area contributed by atoms with Crippen LogP contribution in [0.25, 0.3) is 22.2 Å². The van der Waals surface area contributed by atoms with Gasteiger partial charge in [-0.15, -0.1) is 4.68 Å². The first-order chi connectivity index (χ1) is 16.0. The van der Waals surface area contributed by atoms with Gasteiger partial charge < -0.3 is 10.1 Å². The maximum atomic E-state index is 6.26. The number of aromatic amines is 1. The second kappa shape index (κ2) is 9.13. The molecular formula is C24H29BrN7O+. The van der Waals surface area contributed by atoms with E-state index in [9.17, 15) is 0 Å². The normalized spacial score (nSPS) is 18.5. The summed E-state index contributed by atoms with van der Waals surface area (Å²) in [6.45, 7) is 4.98. The largest absolute Gasteiger partial charge is 0.474 e. The molecule has 2 N–H and O–H groups in total. The molecule has 1 fully saturated rings. The molecule has 4 aromatic heterocycles. The van der Waals surface area contributed by atoms with Crippen LogP contribution in [0.2, 0.25) is 0 Å². The van der Waals surface area contributed by atoms with Gasteiger partial charge in [0.25, 0.3) is 0 Å². The zero-order valence-electron chi connectivity index (χ0n) is 19.2. The topological polar surface area (TPSA) is 84.5 Å². The van der Waals surface area contributed by atoms with Gasteiger partial charge in [0, 0.05) is 50.6 Å². The van der Waals surface area contributed by atoms with Crippen LogP contribution in [0.3, 0.4) is 0 Å². The third kappa shape index (κ3) is 4.34. The molecule has 1 saturated carbocycles. The number of nitrogens with zero attached hydrogens (tertiary/aromatic N) is 5. The van der Waals surface area contributed by atoms with E-state index in [1.54, 1.807) is 6.20 Å². The first kappa shape index (κ1) is 21.9. The second-order valence-corrected chi connectivity index (χ2v) is 9.46. The molecule has 5 rings (SSSR count). The maximum absolute atomic E-state index is 6.26. The summed E-state index contributed by atoms with van der Waals surface area (Å²) < 4.78 is 11.3. The number of halogens is 1. The van der Waals surface area contributed by atoms with Crippen LogP contribution in [0.15, 0.2) is 41.4 Å². The summed E-state index contributed by atoms with van der Waals surface area (Å²) >= 11 is 3.61. The zero-order chi connectivity index (χ0) is 22.9. The minimum Gasteiger partial charge on any atom is -0.474 e. The van der Waals surface area contributed by atoms with Gasteiger partial charge in [0.05, 0.1) is 22.1 Å². The van der Waals surface area contributed by atoms with Crippen molar-refractivity contribution in [2.24, 2.45) is 7.05 Å². The van der Waals surface area contributed by atoms with E-state index < -0.39 is 0 Å². The van der Waals surface area contributed by atoms with Gasteiger partial charge in [-0.25, -0.2) is 9.97 Å². The van der Waals surface area contributed by atoms with Crippen molar-refractivity contribution in [3.8, 4) is 17.1 Å². The predicted molar refractivity (Wildman–Crippen MR) is 131 cm³/mol. The molecule has 8 nitrogen and oxygen atoms in total. The van der Waals surface area contributed by atoms with Crippen LogP contribution in [0.4, 0.5) is 5.82 Å². The molecule has 4 heterocycles. The quantitative estimate of drug-likeness (QED) is 0.367. The zero-order valence-corrected chi connectivity index (χ0v) is 20.8. The van der Waals surface area contributed by atoms with Gasteiger partial charge in [0.1, 0.15) is 17.6 Å². The van der Waals surface area contributed by atoms with E-state index in [4.69, 9.17) is 4.74 Å². The van der Waals surface area contributed by atoms with E-state index in [1.165, 1.54) is 0 Å². The van der Waals surface area contributed by atoms with Crippen LogP contribution in [-0.2, 0) is 7.05 Å². The van der Waals surface area contributed by atoms with Crippen molar-refractivity contribution in [1.82, 2.24) is 24.8 Å². The van der Waals surface area contributed by atoms with Crippen molar-refractivity contribution in [1.29, 1.82) is 0 Å². The molecule has 172 valence electrons. The lowest BCUT2D eigenvalue weighted by atomic mass is 9.93. The molecule has 0 saturated heterocycles. The Hall–Kier alpha value is -2.94. The van der Waals surface area contributed by atoms with E-state index >= 15 is 0 Å².